The Bertz CT molecular complexity index is 924. The Balaban J connectivity index is 1.82. The zero-order chi connectivity index (χ0) is 18.1. The van der Waals surface area contributed by atoms with Crippen LogP contribution in [0.4, 0.5) is 0 Å². The van der Waals surface area contributed by atoms with Crippen LogP contribution in [0, 0.1) is 0 Å². The van der Waals surface area contributed by atoms with Gasteiger partial charge in [-0.3, -0.25) is 4.98 Å². The largest absolute Gasteiger partial charge is 0.352 e. The fourth-order valence-electron chi connectivity index (χ4n) is 3.56. The van der Waals surface area contributed by atoms with Crippen LogP contribution < -0.4 is 5.32 Å². The Morgan fingerprint density at radius 1 is 1.15 bits per heavy atom. The first-order valence-corrected chi connectivity index (χ1v) is 9.39. The van der Waals surface area contributed by atoms with Crippen LogP contribution in [0.15, 0.2) is 67.0 Å². The van der Waals surface area contributed by atoms with Gasteiger partial charge in [-0.1, -0.05) is 23.7 Å². The summed E-state index contributed by atoms with van der Waals surface area (Å²) < 4.78 is 2.17. The molecule has 0 unspecified atom stereocenters. The minimum absolute atomic E-state index is 0.00326. The Hall–Kier alpha value is -2.37. The van der Waals surface area contributed by atoms with Crippen molar-refractivity contribution in [2.24, 2.45) is 0 Å². The molecule has 1 aromatic carbocycles. The monoisotopic (exact) mass is 382 g/mol. The average Bonchev–Trinajstić information content (AvgIpc) is 3.26. The predicted molar refractivity (Wildman–Crippen MR) is 109 cm³/mol. The lowest BCUT2D eigenvalue weighted by atomic mass is 10.0. The Morgan fingerprint density at radius 3 is 2.77 bits per heavy atom. The van der Waals surface area contributed by atoms with Crippen molar-refractivity contribution in [3.63, 3.8) is 0 Å². The normalized spacial score (nSPS) is 19.6. The number of hydrogen-bond donors (Lipinski definition) is 1. The van der Waals surface area contributed by atoms with Gasteiger partial charge in [0, 0.05) is 35.3 Å². The van der Waals surface area contributed by atoms with Gasteiger partial charge >= 0.3 is 0 Å². The molecule has 4 nitrogen and oxygen atoms in total. The summed E-state index contributed by atoms with van der Waals surface area (Å²) in [6.07, 6.45) is 3.88. The third kappa shape index (κ3) is 2.97. The molecule has 2 atom stereocenters. The number of benzene rings is 1. The first-order valence-electron chi connectivity index (χ1n) is 8.60. The van der Waals surface area contributed by atoms with Gasteiger partial charge in [0.1, 0.15) is 0 Å². The van der Waals surface area contributed by atoms with Crippen LogP contribution in [0.5, 0.6) is 0 Å². The maximum absolute atomic E-state index is 6.21. The zero-order valence-electron chi connectivity index (χ0n) is 14.3. The van der Waals surface area contributed by atoms with E-state index in [1.54, 1.807) is 0 Å². The van der Waals surface area contributed by atoms with Crippen LogP contribution in [-0.4, -0.2) is 26.1 Å². The Labute approximate surface area is 163 Å². The molecule has 6 heteroatoms. The zero-order valence-corrected chi connectivity index (χ0v) is 15.9. The van der Waals surface area contributed by atoms with Crippen LogP contribution in [0.3, 0.4) is 0 Å². The molecule has 1 fully saturated rings. The van der Waals surface area contributed by atoms with E-state index in [-0.39, 0.29) is 12.1 Å². The lowest BCUT2D eigenvalue weighted by Gasteiger charge is -2.28. The molecule has 0 saturated carbocycles. The van der Waals surface area contributed by atoms with E-state index in [0.29, 0.717) is 0 Å². The fourth-order valence-corrected chi connectivity index (χ4v) is 4.12. The summed E-state index contributed by atoms with van der Waals surface area (Å²) >= 11 is 11.8. The molecule has 1 N–H and O–H groups in total. The first kappa shape index (κ1) is 17.1. The fraction of sp³-hybridized carbons (Fsp3) is 0.200. The summed E-state index contributed by atoms with van der Waals surface area (Å²) in [4.78, 5) is 6.77. The van der Waals surface area contributed by atoms with Crippen molar-refractivity contribution in [1.82, 2.24) is 19.8 Å². The van der Waals surface area contributed by atoms with Crippen LogP contribution in [0.1, 0.15) is 30.4 Å². The molecule has 26 heavy (non-hydrogen) atoms. The SMILES string of the molecule is CCN1C(=S)N[C@H](c2ccccn2)[C@@H]1c1cccn1-c1cccc(Cl)c1. The molecule has 2 aromatic heterocycles. The molecule has 4 rings (SSSR count). The van der Waals surface area contributed by atoms with E-state index in [4.69, 9.17) is 23.8 Å². The van der Waals surface area contributed by atoms with Gasteiger partial charge in [-0.2, -0.15) is 0 Å². The van der Waals surface area contributed by atoms with Gasteiger partial charge in [0.25, 0.3) is 0 Å². The van der Waals surface area contributed by atoms with Crippen molar-refractivity contribution in [3.8, 4) is 5.69 Å². The van der Waals surface area contributed by atoms with E-state index in [2.05, 4.69) is 51.1 Å². The maximum atomic E-state index is 6.21. The molecule has 132 valence electrons. The third-order valence-corrected chi connectivity index (χ3v) is 5.30. The van der Waals surface area contributed by atoms with E-state index in [0.717, 1.165) is 33.8 Å². The third-order valence-electron chi connectivity index (χ3n) is 4.71. The number of nitrogens with zero attached hydrogens (tertiary/aromatic N) is 3. The Kier molecular flexibility index (Phi) is 4.66. The van der Waals surface area contributed by atoms with E-state index in [1.165, 1.54) is 0 Å². The van der Waals surface area contributed by atoms with Gasteiger partial charge < -0.3 is 14.8 Å². The van der Waals surface area contributed by atoms with Crippen molar-refractivity contribution < 1.29 is 0 Å². The predicted octanol–water partition coefficient (Wildman–Crippen LogP) is 4.52. The topological polar surface area (TPSA) is 33.1 Å². The van der Waals surface area contributed by atoms with E-state index in [9.17, 15) is 0 Å². The molecule has 3 aromatic rings. The summed E-state index contributed by atoms with van der Waals surface area (Å²) in [7, 11) is 0. The van der Waals surface area contributed by atoms with E-state index >= 15 is 0 Å². The van der Waals surface area contributed by atoms with Gasteiger partial charge in [-0.15, -0.1) is 0 Å². The molecule has 0 radical (unpaired) electrons. The number of thiocarbonyl (C=S) groups is 1. The van der Waals surface area contributed by atoms with Gasteiger partial charge in [0.05, 0.1) is 17.8 Å². The number of pyridine rings is 1. The molecule has 1 aliphatic rings. The summed E-state index contributed by atoms with van der Waals surface area (Å²) in [5, 5.41) is 4.93. The number of likely N-dealkylation sites (N-methyl/N-ethyl adjacent to an activating group) is 1. The highest BCUT2D eigenvalue weighted by atomic mass is 35.5. The summed E-state index contributed by atoms with van der Waals surface area (Å²) in [6.45, 7) is 2.94. The molecule has 3 heterocycles. The molecule has 1 saturated heterocycles. The number of hydrogen-bond acceptors (Lipinski definition) is 2. The average molecular weight is 383 g/mol. The van der Waals surface area contributed by atoms with Crippen LogP contribution >= 0.6 is 23.8 Å². The number of aromatic nitrogens is 2. The van der Waals surface area contributed by atoms with Gasteiger partial charge in [0.15, 0.2) is 5.11 Å². The summed E-state index contributed by atoms with van der Waals surface area (Å²) in [6, 6.07) is 18.1. The lowest BCUT2D eigenvalue weighted by molar-refractivity contribution is 0.321. The standard InChI is InChI=1S/C20H19ClN4S/c1-2-24-19(18(23-20(24)26)16-9-3-4-11-22-16)17-10-6-12-25(17)15-8-5-7-14(21)13-15/h3-13,18-19H,2H2,1H3,(H,23,26)/t18-,19+/m1/s1. The molecule has 1 aliphatic heterocycles. The molecular formula is C20H19ClN4S. The highest BCUT2D eigenvalue weighted by molar-refractivity contribution is 7.80. The number of nitrogens with one attached hydrogen (secondary N) is 1. The molecular weight excluding hydrogens is 364 g/mol. The van der Waals surface area contributed by atoms with Gasteiger partial charge in [-0.25, -0.2) is 0 Å². The maximum Gasteiger partial charge on any atom is 0.170 e. The van der Waals surface area contributed by atoms with Crippen LogP contribution in [0.25, 0.3) is 5.69 Å². The molecule has 0 spiro atoms. The van der Waals surface area contributed by atoms with E-state index < -0.39 is 0 Å². The summed E-state index contributed by atoms with van der Waals surface area (Å²) in [5.41, 5.74) is 3.16. The van der Waals surface area contributed by atoms with Crippen molar-refractivity contribution in [2.45, 2.75) is 19.0 Å². The Morgan fingerprint density at radius 2 is 2.04 bits per heavy atom. The van der Waals surface area contributed by atoms with Crippen molar-refractivity contribution in [3.05, 3.63) is 83.4 Å². The second-order valence-corrected chi connectivity index (χ2v) is 7.02. The highest BCUT2D eigenvalue weighted by Crippen LogP contribution is 2.39. The highest BCUT2D eigenvalue weighted by Gasteiger charge is 2.40. The number of rotatable bonds is 4. The second-order valence-electron chi connectivity index (χ2n) is 6.20. The van der Waals surface area contributed by atoms with Gasteiger partial charge in [-0.05, 0) is 61.6 Å². The summed E-state index contributed by atoms with van der Waals surface area (Å²) in [5.74, 6) is 0. The van der Waals surface area contributed by atoms with Crippen molar-refractivity contribution in [1.29, 1.82) is 0 Å². The minimum Gasteiger partial charge on any atom is -0.352 e. The second kappa shape index (κ2) is 7.09. The quantitative estimate of drug-likeness (QED) is 0.672. The molecule has 0 amide bonds. The molecule has 0 aliphatic carbocycles. The van der Waals surface area contributed by atoms with Crippen LogP contribution in [-0.2, 0) is 0 Å². The first-order chi connectivity index (χ1) is 12.7. The van der Waals surface area contributed by atoms with Gasteiger partial charge in [0.2, 0.25) is 0 Å². The van der Waals surface area contributed by atoms with Crippen molar-refractivity contribution >= 4 is 28.9 Å². The van der Waals surface area contributed by atoms with E-state index in [1.807, 2.05) is 42.6 Å². The molecule has 0 bridgehead atoms. The lowest BCUT2D eigenvalue weighted by Crippen LogP contribution is -2.30. The number of halogens is 1. The minimum atomic E-state index is -0.00326. The van der Waals surface area contributed by atoms with Crippen LogP contribution in [0.2, 0.25) is 5.02 Å². The van der Waals surface area contributed by atoms with Crippen molar-refractivity contribution in [2.75, 3.05) is 6.54 Å². The smallest absolute Gasteiger partial charge is 0.170 e.